The molecule has 1 aliphatic heterocycles. The minimum Gasteiger partial charge on any atom is -0.456 e. The topological polar surface area (TPSA) is 123 Å². The van der Waals surface area contributed by atoms with E-state index in [0.717, 1.165) is 16.5 Å². The quantitative estimate of drug-likeness (QED) is 0.419. The molecule has 0 bridgehead atoms. The van der Waals surface area contributed by atoms with E-state index in [1.54, 1.807) is 50.5 Å². The zero-order valence-electron chi connectivity index (χ0n) is 21.0. The molecule has 1 aliphatic rings. The zero-order valence-corrected chi connectivity index (χ0v) is 21.0. The lowest BCUT2D eigenvalue weighted by molar-refractivity contribution is -0.148. The normalized spacial score (nSPS) is 12.9. The highest BCUT2D eigenvalue weighted by Crippen LogP contribution is 2.35. The van der Waals surface area contributed by atoms with E-state index in [-0.39, 0.29) is 12.1 Å². The Morgan fingerprint density at radius 3 is 2.67 bits per heavy atom. The fourth-order valence-corrected chi connectivity index (χ4v) is 4.28. The maximum Gasteiger partial charge on any atom is 0.408 e. The van der Waals surface area contributed by atoms with Crippen molar-refractivity contribution in [1.29, 1.82) is 5.26 Å². The second kappa shape index (κ2) is 9.46. The Morgan fingerprint density at radius 2 is 2.00 bits per heavy atom. The smallest absolute Gasteiger partial charge is 0.408 e. The van der Waals surface area contributed by atoms with Gasteiger partial charge in [0.15, 0.2) is 0 Å². The summed E-state index contributed by atoms with van der Waals surface area (Å²) in [4.78, 5) is 42.4. The number of fused-ring (bicyclic) bond motifs is 4. The lowest BCUT2D eigenvalue weighted by atomic mass is 10.0. The molecule has 1 unspecified atom stereocenters. The first-order valence-electron chi connectivity index (χ1n) is 11.8. The van der Waals surface area contributed by atoms with Crippen molar-refractivity contribution >= 4 is 23.0 Å². The minimum atomic E-state index is -0.712. The van der Waals surface area contributed by atoms with Crippen LogP contribution in [-0.2, 0) is 20.8 Å². The minimum absolute atomic E-state index is 0.177. The molecule has 0 saturated heterocycles. The Balaban J connectivity index is 1.61. The summed E-state index contributed by atoms with van der Waals surface area (Å²) in [7, 11) is 0. The largest absolute Gasteiger partial charge is 0.456 e. The van der Waals surface area contributed by atoms with Crippen molar-refractivity contribution in [1.82, 2.24) is 14.9 Å². The number of nitrogens with one attached hydrogen (secondary N) is 1. The number of aromatic nitrogens is 2. The van der Waals surface area contributed by atoms with Gasteiger partial charge in [-0.05, 0) is 64.4 Å². The molecular weight excluding hydrogens is 460 g/mol. The van der Waals surface area contributed by atoms with E-state index in [0.29, 0.717) is 41.0 Å². The van der Waals surface area contributed by atoms with Crippen molar-refractivity contribution in [2.75, 3.05) is 6.54 Å². The van der Waals surface area contributed by atoms with Crippen LogP contribution in [0.1, 0.15) is 62.5 Å². The van der Waals surface area contributed by atoms with Gasteiger partial charge in [0.05, 0.1) is 35.1 Å². The lowest BCUT2D eigenvalue weighted by Gasteiger charge is -2.21. The Bertz CT molecular complexity index is 1480. The molecule has 1 amide bonds. The van der Waals surface area contributed by atoms with Crippen molar-refractivity contribution in [3.8, 4) is 17.5 Å². The molecule has 1 N–H and O–H groups in total. The molecule has 0 fully saturated rings. The number of alkyl carbamates (subject to hydrolysis) is 1. The number of ether oxygens (including phenoxy) is 2. The third kappa shape index (κ3) is 4.93. The zero-order chi connectivity index (χ0) is 26.2. The van der Waals surface area contributed by atoms with E-state index in [2.05, 4.69) is 11.4 Å². The molecule has 0 saturated carbocycles. The summed E-state index contributed by atoms with van der Waals surface area (Å²) < 4.78 is 12.4. The van der Waals surface area contributed by atoms with Gasteiger partial charge in [0, 0.05) is 22.1 Å². The van der Waals surface area contributed by atoms with Gasteiger partial charge in [-0.15, -0.1) is 0 Å². The molecule has 186 valence electrons. The summed E-state index contributed by atoms with van der Waals surface area (Å²) >= 11 is 0. The highest BCUT2D eigenvalue weighted by atomic mass is 16.6. The van der Waals surface area contributed by atoms with E-state index in [4.69, 9.17) is 14.5 Å². The van der Waals surface area contributed by atoms with Crippen molar-refractivity contribution in [3.63, 3.8) is 0 Å². The van der Waals surface area contributed by atoms with Crippen LogP contribution in [0.25, 0.3) is 22.3 Å². The number of carbonyl (C=O) groups excluding carboxylic acids is 2. The van der Waals surface area contributed by atoms with Crippen LogP contribution in [0.2, 0.25) is 0 Å². The van der Waals surface area contributed by atoms with Crippen LogP contribution in [-0.4, -0.2) is 33.8 Å². The predicted molar refractivity (Wildman–Crippen MR) is 133 cm³/mol. The molecule has 4 rings (SSSR count). The summed E-state index contributed by atoms with van der Waals surface area (Å²) in [5.74, 6) is -0.634. The Labute approximate surface area is 208 Å². The summed E-state index contributed by atoms with van der Waals surface area (Å²) in [6.07, 6.45) is -0.938. The first kappa shape index (κ1) is 24.9. The molecule has 9 heteroatoms. The van der Waals surface area contributed by atoms with Crippen LogP contribution in [0.15, 0.2) is 35.1 Å². The summed E-state index contributed by atoms with van der Waals surface area (Å²) in [6, 6.07) is 11.2. The fraction of sp³-hybridized carbons (Fsp3) is 0.370. The average molecular weight is 489 g/mol. The van der Waals surface area contributed by atoms with Gasteiger partial charge in [0.2, 0.25) is 0 Å². The Kier molecular flexibility index (Phi) is 6.55. The van der Waals surface area contributed by atoms with Gasteiger partial charge in [0.25, 0.3) is 5.56 Å². The second-order valence-electron chi connectivity index (χ2n) is 9.76. The van der Waals surface area contributed by atoms with Gasteiger partial charge in [-0.25, -0.2) is 9.78 Å². The van der Waals surface area contributed by atoms with E-state index >= 15 is 0 Å². The number of nitrogens with zero attached hydrogens (tertiary/aromatic N) is 3. The van der Waals surface area contributed by atoms with Crippen LogP contribution in [0.4, 0.5) is 4.79 Å². The van der Waals surface area contributed by atoms with Crippen molar-refractivity contribution < 1.29 is 19.1 Å². The molecule has 1 atom stereocenters. The maximum absolute atomic E-state index is 13.3. The monoisotopic (exact) mass is 488 g/mol. The second-order valence-corrected chi connectivity index (χ2v) is 9.76. The SMILES string of the molecule is CCC(OC(=O)CNC(=O)OC(C)(C)C)c1cc2n(c(=O)c1C)Cc1cc3cc(C#N)ccc3nc1-2. The van der Waals surface area contributed by atoms with Gasteiger partial charge in [0.1, 0.15) is 18.2 Å². The van der Waals surface area contributed by atoms with E-state index in [9.17, 15) is 19.6 Å². The van der Waals surface area contributed by atoms with Crippen molar-refractivity contribution in [2.45, 2.75) is 59.3 Å². The Hall–Kier alpha value is -4.19. The number of carbonyl (C=O) groups is 2. The molecule has 0 aliphatic carbocycles. The molecule has 1 aromatic carbocycles. The van der Waals surface area contributed by atoms with Crippen LogP contribution >= 0.6 is 0 Å². The number of pyridine rings is 2. The third-order valence-electron chi connectivity index (χ3n) is 5.94. The number of hydrogen-bond donors (Lipinski definition) is 1. The number of nitriles is 1. The van der Waals surface area contributed by atoms with Crippen molar-refractivity contribution in [3.05, 3.63) is 62.9 Å². The number of esters is 1. The van der Waals surface area contributed by atoms with Crippen LogP contribution < -0.4 is 10.9 Å². The number of amides is 1. The molecular formula is C27H28N4O5. The standard InChI is InChI=1S/C27H28N4O5/c1-6-22(35-23(32)13-29-26(34)36-27(3,4)5)19-11-21-24-18(14-31(21)25(33)15(19)2)10-17-9-16(12-28)7-8-20(17)30-24/h7-11,22H,6,13-14H2,1-5H3,(H,29,34). The van der Waals surface area contributed by atoms with Gasteiger partial charge in [-0.3, -0.25) is 9.59 Å². The van der Waals surface area contributed by atoms with Crippen molar-refractivity contribution in [2.24, 2.45) is 0 Å². The Morgan fingerprint density at radius 1 is 1.25 bits per heavy atom. The van der Waals surface area contributed by atoms with E-state index < -0.39 is 23.8 Å². The highest BCUT2D eigenvalue weighted by Gasteiger charge is 2.27. The van der Waals surface area contributed by atoms with Gasteiger partial charge in [-0.2, -0.15) is 5.26 Å². The number of rotatable bonds is 5. The lowest BCUT2D eigenvalue weighted by Crippen LogP contribution is -2.36. The van der Waals surface area contributed by atoms with Crippen LogP contribution in [0, 0.1) is 18.3 Å². The molecule has 9 nitrogen and oxygen atoms in total. The van der Waals surface area contributed by atoms with Gasteiger partial charge < -0.3 is 19.4 Å². The predicted octanol–water partition coefficient (Wildman–Crippen LogP) is 4.12. The number of benzene rings is 1. The summed E-state index contributed by atoms with van der Waals surface area (Å²) in [5, 5.41) is 12.4. The molecule has 0 radical (unpaired) electrons. The number of hydrogen-bond acceptors (Lipinski definition) is 7. The van der Waals surface area contributed by atoms with E-state index in [1.807, 2.05) is 19.1 Å². The molecule has 3 heterocycles. The van der Waals surface area contributed by atoms with Gasteiger partial charge in [-0.1, -0.05) is 6.92 Å². The van der Waals surface area contributed by atoms with Crippen LogP contribution in [0.3, 0.4) is 0 Å². The van der Waals surface area contributed by atoms with Crippen LogP contribution in [0.5, 0.6) is 0 Å². The summed E-state index contributed by atoms with van der Waals surface area (Å²) in [6.45, 7) is 8.78. The summed E-state index contributed by atoms with van der Waals surface area (Å²) in [5.41, 5.74) is 3.74. The van der Waals surface area contributed by atoms with Gasteiger partial charge >= 0.3 is 12.1 Å². The first-order valence-corrected chi connectivity index (χ1v) is 11.8. The fourth-order valence-electron chi connectivity index (χ4n) is 4.28. The highest BCUT2D eigenvalue weighted by molar-refractivity contribution is 5.85. The molecule has 36 heavy (non-hydrogen) atoms. The third-order valence-corrected chi connectivity index (χ3v) is 5.94. The average Bonchev–Trinajstić information content (AvgIpc) is 3.18. The molecule has 2 aromatic heterocycles. The first-order chi connectivity index (χ1) is 17.0. The van der Waals surface area contributed by atoms with E-state index in [1.165, 1.54) is 0 Å². The molecule has 0 spiro atoms. The molecule has 3 aromatic rings. The maximum atomic E-state index is 13.3.